The number of para-hydroxylation sites is 3. The Morgan fingerprint density at radius 1 is 0.483 bits per heavy atom. The van der Waals surface area contributed by atoms with Crippen molar-refractivity contribution in [3.05, 3.63) is 223 Å². The van der Waals surface area contributed by atoms with Gasteiger partial charge in [-0.3, -0.25) is 0 Å². The first kappa shape index (κ1) is 35.0. The van der Waals surface area contributed by atoms with Gasteiger partial charge in [0.15, 0.2) is 8.07 Å². The minimum atomic E-state index is -2.85. The van der Waals surface area contributed by atoms with Crippen molar-refractivity contribution >= 4 is 72.9 Å². The van der Waals surface area contributed by atoms with Crippen LogP contribution in [0.2, 0.25) is 5.54 Å². The summed E-state index contributed by atoms with van der Waals surface area (Å²) in [5, 5.41) is 9.41. The molecule has 2 heterocycles. The zero-order valence-corrected chi connectivity index (χ0v) is 34.9. The molecule has 3 heteroatoms. The number of fused-ring (bicyclic) bond motifs is 10. The number of allylic oxidation sites excluding steroid dienone is 4. The second-order valence-electron chi connectivity index (χ2n) is 17.2. The zero-order valence-electron chi connectivity index (χ0n) is 33.9. The summed E-state index contributed by atoms with van der Waals surface area (Å²) in [7, 11) is -2.85. The van der Waals surface area contributed by atoms with Crippen LogP contribution in [-0.4, -0.2) is 17.2 Å². The summed E-state index contributed by atoms with van der Waals surface area (Å²) in [6.07, 6.45) is 8.48. The maximum atomic E-state index is 2.66. The monoisotopic (exact) mass is 784 g/mol. The fraction of sp³-hybridized carbons (Fsp3) is 0.0877. The quantitative estimate of drug-likeness (QED) is 0.117. The van der Waals surface area contributed by atoms with Gasteiger partial charge in [-0.25, -0.2) is 0 Å². The van der Waals surface area contributed by atoms with Crippen molar-refractivity contribution in [2.45, 2.75) is 31.2 Å². The predicted octanol–water partition coefficient (Wildman–Crippen LogP) is 12.5. The molecule has 0 N–H and O–H groups in total. The number of hydrogen-bond donors (Lipinski definition) is 0. The lowest BCUT2D eigenvalue weighted by Crippen LogP contribution is -2.69. The van der Waals surface area contributed by atoms with Crippen LogP contribution < -0.4 is 15.6 Å². The highest BCUT2D eigenvalue weighted by Crippen LogP contribution is 2.53. The summed E-state index contributed by atoms with van der Waals surface area (Å²) in [5.74, 6) is 0. The third-order valence-electron chi connectivity index (χ3n) is 13.8. The Morgan fingerprint density at radius 2 is 1.03 bits per heavy atom. The molecular formula is C57H44N2Si. The highest BCUT2D eigenvalue weighted by Gasteiger charge is 2.46. The molecule has 8 aromatic carbocycles. The second-order valence-corrected chi connectivity index (χ2v) is 21.3. The van der Waals surface area contributed by atoms with Crippen LogP contribution in [0.15, 0.2) is 212 Å². The minimum Gasteiger partial charge on any atom is -0.309 e. The van der Waals surface area contributed by atoms with Crippen LogP contribution in [0.1, 0.15) is 31.4 Å². The van der Waals surface area contributed by atoms with Gasteiger partial charge in [0, 0.05) is 43.9 Å². The van der Waals surface area contributed by atoms with Crippen molar-refractivity contribution in [3.63, 3.8) is 0 Å². The predicted molar refractivity (Wildman–Crippen MR) is 257 cm³/mol. The first-order valence-corrected chi connectivity index (χ1v) is 23.4. The van der Waals surface area contributed by atoms with Crippen molar-refractivity contribution in [1.82, 2.24) is 9.13 Å². The fourth-order valence-electron chi connectivity index (χ4n) is 11.3. The van der Waals surface area contributed by atoms with Crippen LogP contribution in [0.4, 0.5) is 0 Å². The Kier molecular flexibility index (Phi) is 7.76. The molecule has 2 aromatic heterocycles. The van der Waals surface area contributed by atoms with E-state index in [0.717, 1.165) is 6.42 Å². The normalized spacial score (nSPS) is 15.8. The largest absolute Gasteiger partial charge is 0.309 e. The Morgan fingerprint density at radius 3 is 1.70 bits per heavy atom. The molecule has 2 aliphatic carbocycles. The van der Waals surface area contributed by atoms with Crippen molar-refractivity contribution in [2.75, 3.05) is 0 Å². The lowest BCUT2D eigenvalue weighted by atomic mass is 9.82. The lowest BCUT2D eigenvalue weighted by Gasteiger charge is -2.40. The number of hydrogen-bond acceptors (Lipinski definition) is 0. The molecule has 0 amide bonds. The summed E-state index contributed by atoms with van der Waals surface area (Å²) in [6.45, 7) is 4.78. The van der Waals surface area contributed by atoms with Crippen LogP contribution in [0.5, 0.6) is 0 Å². The molecule has 1 atom stereocenters. The zero-order chi connectivity index (χ0) is 40.0. The number of rotatable bonds is 6. The van der Waals surface area contributed by atoms with Gasteiger partial charge in [0.25, 0.3) is 0 Å². The summed E-state index contributed by atoms with van der Waals surface area (Å²) >= 11 is 0. The number of aromatic nitrogens is 2. The van der Waals surface area contributed by atoms with Gasteiger partial charge < -0.3 is 9.13 Å². The van der Waals surface area contributed by atoms with E-state index in [1.165, 1.54) is 92.8 Å². The first-order valence-electron chi connectivity index (χ1n) is 21.3. The van der Waals surface area contributed by atoms with Gasteiger partial charge >= 0.3 is 0 Å². The van der Waals surface area contributed by atoms with Crippen LogP contribution in [-0.2, 0) is 5.41 Å². The van der Waals surface area contributed by atoms with Gasteiger partial charge in [-0.1, -0.05) is 190 Å². The molecule has 0 saturated heterocycles. The molecule has 2 aliphatic rings. The smallest absolute Gasteiger partial charge is 0.155 e. The van der Waals surface area contributed by atoms with Gasteiger partial charge in [-0.2, -0.15) is 0 Å². The average molecular weight is 785 g/mol. The Hall–Kier alpha value is -6.94. The minimum absolute atomic E-state index is 0.0925. The van der Waals surface area contributed by atoms with Crippen molar-refractivity contribution in [2.24, 2.45) is 0 Å². The van der Waals surface area contributed by atoms with E-state index >= 15 is 0 Å². The van der Waals surface area contributed by atoms with Crippen LogP contribution >= 0.6 is 0 Å². The highest BCUT2D eigenvalue weighted by molar-refractivity contribution is 7.12. The van der Waals surface area contributed by atoms with Gasteiger partial charge in [-0.15, -0.1) is 0 Å². The third kappa shape index (κ3) is 4.87. The molecule has 1 unspecified atom stereocenters. The number of nitrogens with zero attached hydrogens (tertiary/aromatic N) is 2. The van der Waals surface area contributed by atoms with E-state index in [0.29, 0.717) is 0 Å². The Bertz CT molecular complexity index is 3290. The summed E-state index contributed by atoms with van der Waals surface area (Å²) in [6, 6.07) is 73.1. The Balaban J connectivity index is 1.14. The molecule has 0 saturated carbocycles. The molecule has 12 rings (SSSR count). The maximum absolute atomic E-state index is 2.85. The SMILES string of the molecule is CC1(C)c2ccccc2-c2c1ccc1c3ccccc3n(C3=CC([Si](c4ccccc4)(c4ccccc4)c4cccc(-n5c6ccccc6c6ccccc65)c4)CC=C3)c21. The van der Waals surface area contributed by atoms with Crippen LogP contribution in [0, 0.1) is 0 Å². The van der Waals surface area contributed by atoms with Gasteiger partial charge in [0.05, 0.1) is 22.1 Å². The fourth-order valence-corrected chi connectivity index (χ4v) is 16.6. The average Bonchev–Trinajstić information content (AvgIpc) is 3.91. The van der Waals surface area contributed by atoms with E-state index in [-0.39, 0.29) is 11.0 Å². The Labute approximate surface area is 352 Å². The second kappa shape index (κ2) is 13.3. The molecule has 0 spiro atoms. The molecule has 0 aliphatic heterocycles. The third-order valence-corrected chi connectivity index (χ3v) is 19.1. The molecule has 2 nitrogen and oxygen atoms in total. The van der Waals surface area contributed by atoms with E-state index in [1.807, 2.05) is 0 Å². The molecule has 0 fully saturated rings. The first-order chi connectivity index (χ1) is 29.5. The molecule has 0 bridgehead atoms. The van der Waals surface area contributed by atoms with E-state index in [1.54, 1.807) is 0 Å². The van der Waals surface area contributed by atoms with Crippen molar-refractivity contribution in [3.8, 4) is 16.8 Å². The van der Waals surface area contributed by atoms with Gasteiger partial charge in [0.2, 0.25) is 0 Å². The van der Waals surface area contributed by atoms with Crippen molar-refractivity contribution < 1.29 is 0 Å². The van der Waals surface area contributed by atoms with E-state index < -0.39 is 8.07 Å². The standard InChI is InChI=1S/C57H44N2Si/c1-57(2)50-31-13-9-30-49(50)55-51(57)36-35-48-47-29-12-16-34-54(47)59(56(48)55)40-20-18-26-44(38-40)60(41-21-5-3-6-22-41,42-23-7-4-8-24-42)43-25-17-19-39(37-43)58-52-32-14-10-27-45(52)46-28-11-15-33-53(46)58/h3-25,27-38,44H,26H2,1-2H3. The summed E-state index contributed by atoms with van der Waals surface area (Å²) in [5.41, 5.74) is 13.1. The molecule has 0 radical (unpaired) electrons. The summed E-state index contributed by atoms with van der Waals surface area (Å²) in [4.78, 5) is 0. The number of benzene rings is 8. The molecule has 286 valence electrons. The topological polar surface area (TPSA) is 9.86 Å². The molecular weight excluding hydrogens is 741 g/mol. The van der Waals surface area contributed by atoms with Gasteiger partial charge in [0.1, 0.15) is 0 Å². The lowest BCUT2D eigenvalue weighted by molar-refractivity contribution is 0.661. The highest BCUT2D eigenvalue weighted by atomic mass is 28.3. The molecule has 60 heavy (non-hydrogen) atoms. The van der Waals surface area contributed by atoms with E-state index in [9.17, 15) is 0 Å². The van der Waals surface area contributed by atoms with E-state index in [2.05, 4.69) is 235 Å². The summed E-state index contributed by atoms with van der Waals surface area (Å²) < 4.78 is 5.08. The maximum Gasteiger partial charge on any atom is 0.155 e. The van der Waals surface area contributed by atoms with Crippen molar-refractivity contribution in [1.29, 1.82) is 0 Å². The van der Waals surface area contributed by atoms with Crippen LogP contribution in [0.3, 0.4) is 0 Å². The molecule has 10 aromatic rings. The van der Waals surface area contributed by atoms with Crippen LogP contribution in [0.25, 0.3) is 66.1 Å². The van der Waals surface area contributed by atoms with E-state index in [4.69, 9.17) is 0 Å². The van der Waals surface area contributed by atoms with Gasteiger partial charge in [-0.05, 0) is 80.6 Å².